The lowest BCUT2D eigenvalue weighted by atomic mass is 9.60. The van der Waals surface area contributed by atoms with Gasteiger partial charge in [0.2, 0.25) is 5.91 Å². The molecule has 2 heterocycles. The molecule has 1 aromatic rings. The fraction of sp³-hybridized carbons (Fsp3) is 0.652. The number of carbonyl (C=O) groups is 2. The number of nitrogens with zero attached hydrogens (tertiary/aromatic N) is 2. The molecule has 2 aliphatic heterocycles. The molecule has 3 aliphatic rings. The van der Waals surface area contributed by atoms with Gasteiger partial charge in [0, 0.05) is 26.1 Å². The second-order valence-electron chi connectivity index (χ2n) is 9.81. The molecule has 0 saturated carbocycles. The van der Waals surface area contributed by atoms with E-state index in [0.717, 1.165) is 38.6 Å². The van der Waals surface area contributed by atoms with Gasteiger partial charge in [-0.05, 0) is 59.6 Å². The molecule has 5 heteroatoms. The highest BCUT2D eigenvalue weighted by atomic mass is 16.4. The molecular formula is C23H32N2O3. The third kappa shape index (κ3) is 3.09. The van der Waals surface area contributed by atoms with Gasteiger partial charge in [-0.3, -0.25) is 4.79 Å². The number of hydrogen-bond acceptors (Lipinski definition) is 2. The first-order chi connectivity index (χ1) is 13.2. The minimum Gasteiger partial charge on any atom is -0.465 e. The van der Waals surface area contributed by atoms with Crippen molar-refractivity contribution in [2.24, 2.45) is 0 Å². The van der Waals surface area contributed by atoms with Gasteiger partial charge in [0.25, 0.3) is 0 Å². The molecule has 0 radical (unpaired) electrons. The van der Waals surface area contributed by atoms with Crippen LogP contribution in [0.2, 0.25) is 0 Å². The van der Waals surface area contributed by atoms with Crippen LogP contribution in [0, 0.1) is 0 Å². The predicted molar refractivity (Wildman–Crippen MR) is 109 cm³/mol. The smallest absolute Gasteiger partial charge is 0.407 e. The Hall–Kier alpha value is -2.04. The van der Waals surface area contributed by atoms with E-state index in [9.17, 15) is 14.7 Å². The van der Waals surface area contributed by atoms with Gasteiger partial charge in [-0.2, -0.15) is 0 Å². The molecule has 0 bridgehead atoms. The van der Waals surface area contributed by atoms with E-state index < -0.39 is 6.09 Å². The largest absolute Gasteiger partial charge is 0.465 e. The maximum Gasteiger partial charge on any atom is 0.407 e. The monoisotopic (exact) mass is 384 g/mol. The molecule has 1 N–H and O–H groups in total. The van der Waals surface area contributed by atoms with Gasteiger partial charge >= 0.3 is 6.09 Å². The number of likely N-dealkylation sites (tertiary alicyclic amines) is 2. The van der Waals surface area contributed by atoms with Crippen LogP contribution in [0.25, 0.3) is 0 Å². The lowest BCUT2D eigenvalue weighted by Gasteiger charge is -2.50. The lowest BCUT2D eigenvalue weighted by molar-refractivity contribution is -0.130. The van der Waals surface area contributed by atoms with Crippen molar-refractivity contribution in [2.45, 2.75) is 76.2 Å². The van der Waals surface area contributed by atoms with Crippen molar-refractivity contribution in [1.29, 1.82) is 0 Å². The summed E-state index contributed by atoms with van der Waals surface area (Å²) in [7, 11) is 0. The van der Waals surface area contributed by atoms with Gasteiger partial charge in [0.05, 0.1) is 6.04 Å². The number of rotatable bonds is 1. The predicted octanol–water partition coefficient (Wildman–Crippen LogP) is 4.45. The third-order valence-corrected chi connectivity index (χ3v) is 7.17. The van der Waals surface area contributed by atoms with Crippen molar-refractivity contribution >= 4 is 12.0 Å². The standard InChI is InChI=1S/C23H32N2O3/c1-22(2,3)17-7-4-6-16-18(25-13-5-8-19(25)26)9-10-23(20(16)17)11-14-24(15-12-23)21(27)28/h4,6-7,18H,5,8-15H2,1-3H3,(H,27,28). The molecule has 4 rings (SSSR count). The highest BCUT2D eigenvalue weighted by Gasteiger charge is 2.47. The van der Waals surface area contributed by atoms with Crippen molar-refractivity contribution < 1.29 is 14.7 Å². The maximum atomic E-state index is 12.5. The van der Waals surface area contributed by atoms with E-state index in [1.807, 2.05) is 0 Å². The van der Waals surface area contributed by atoms with E-state index in [4.69, 9.17) is 0 Å². The maximum absolute atomic E-state index is 12.5. The Balaban J connectivity index is 1.80. The van der Waals surface area contributed by atoms with E-state index in [1.165, 1.54) is 16.7 Å². The number of piperidine rings is 1. The summed E-state index contributed by atoms with van der Waals surface area (Å²) in [6.45, 7) is 8.83. The van der Waals surface area contributed by atoms with E-state index in [1.54, 1.807) is 4.90 Å². The summed E-state index contributed by atoms with van der Waals surface area (Å²) in [6.07, 6.45) is 4.59. The second kappa shape index (κ2) is 6.78. The first kappa shape index (κ1) is 19.3. The zero-order chi connectivity index (χ0) is 20.1. The Morgan fingerprint density at radius 1 is 1.14 bits per heavy atom. The van der Waals surface area contributed by atoms with Crippen LogP contribution in [0.15, 0.2) is 18.2 Å². The van der Waals surface area contributed by atoms with E-state index in [0.29, 0.717) is 19.5 Å². The molecule has 28 heavy (non-hydrogen) atoms. The average Bonchev–Trinajstić information content (AvgIpc) is 3.07. The number of fused-ring (bicyclic) bond motifs is 2. The van der Waals surface area contributed by atoms with Crippen LogP contribution in [-0.2, 0) is 15.6 Å². The molecule has 0 aromatic heterocycles. The Labute approximate surface area is 167 Å². The highest BCUT2D eigenvalue weighted by molar-refractivity contribution is 5.79. The van der Waals surface area contributed by atoms with Crippen LogP contribution in [0.1, 0.15) is 82.0 Å². The topological polar surface area (TPSA) is 60.9 Å². The number of carboxylic acid groups (broad SMARTS) is 1. The summed E-state index contributed by atoms with van der Waals surface area (Å²) in [4.78, 5) is 27.6. The molecule has 5 nitrogen and oxygen atoms in total. The van der Waals surface area contributed by atoms with Crippen molar-refractivity contribution in [3.63, 3.8) is 0 Å². The van der Waals surface area contributed by atoms with Crippen LogP contribution in [0.4, 0.5) is 4.79 Å². The van der Waals surface area contributed by atoms with Gasteiger partial charge in [0.1, 0.15) is 0 Å². The van der Waals surface area contributed by atoms with Crippen molar-refractivity contribution in [3.8, 4) is 0 Å². The third-order valence-electron chi connectivity index (χ3n) is 7.17. The quantitative estimate of drug-likeness (QED) is 0.778. The molecule has 1 aliphatic carbocycles. The summed E-state index contributed by atoms with van der Waals surface area (Å²) >= 11 is 0. The zero-order valence-electron chi connectivity index (χ0n) is 17.3. The van der Waals surface area contributed by atoms with Crippen LogP contribution >= 0.6 is 0 Å². The fourth-order valence-electron chi connectivity index (χ4n) is 5.71. The van der Waals surface area contributed by atoms with Crippen LogP contribution in [-0.4, -0.2) is 46.5 Å². The molecule has 1 unspecified atom stereocenters. The average molecular weight is 385 g/mol. The molecule has 1 aromatic carbocycles. The molecule has 2 saturated heterocycles. The minimum absolute atomic E-state index is 0.0131. The van der Waals surface area contributed by atoms with Crippen molar-refractivity contribution in [3.05, 3.63) is 34.9 Å². The Morgan fingerprint density at radius 2 is 1.86 bits per heavy atom. The van der Waals surface area contributed by atoms with Gasteiger partial charge in [-0.15, -0.1) is 0 Å². The molecule has 2 amide bonds. The van der Waals surface area contributed by atoms with Gasteiger partial charge in [-0.25, -0.2) is 4.79 Å². The Kier molecular flexibility index (Phi) is 4.67. The first-order valence-electron chi connectivity index (χ1n) is 10.6. The summed E-state index contributed by atoms with van der Waals surface area (Å²) in [6, 6.07) is 6.80. The summed E-state index contributed by atoms with van der Waals surface area (Å²) in [5.74, 6) is 0.286. The van der Waals surface area contributed by atoms with E-state index in [2.05, 4.69) is 43.9 Å². The normalized spacial score (nSPS) is 24.5. The highest BCUT2D eigenvalue weighted by Crippen LogP contribution is 2.53. The second-order valence-corrected chi connectivity index (χ2v) is 9.81. The first-order valence-corrected chi connectivity index (χ1v) is 10.6. The number of carbonyl (C=O) groups excluding carboxylic acids is 1. The lowest BCUT2D eigenvalue weighted by Crippen LogP contribution is -2.48. The summed E-state index contributed by atoms with van der Waals surface area (Å²) < 4.78 is 0. The molecular weight excluding hydrogens is 352 g/mol. The van der Waals surface area contributed by atoms with Gasteiger partial charge in [-0.1, -0.05) is 39.0 Å². The Morgan fingerprint density at radius 3 is 2.43 bits per heavy atom. The van der Waals surface area contributed by atoms with Crippen molar-refractivity contribution in [2.75, 3.05) is 19.6 Å². The van der Waals surface area contributed by atoms with Crippen LogP contribution < -0.4 is 0 Å². The fourth-order valence-corrected chi connectivity index (χ4v) is 5.71. The van der Waals surface area contributed by atoms with Crippen LogP contribution in [0.5, 0.6) is 0 Å². The molecule has 2 fully saturated rings. The molecule has 1 spiro atoms. The Bertz CT molecular complexity index is 788. The van der Waals surface area contributed by atoms with E-state index >= 15 is 0 Å². The number of amides is 2. The van der Waals surface area contributed by atoms with Crippen LogP contribution in [0.3, 0.4) is 0 Å². The summed E-state index contributed by atoms with van der Waals surface area (Å²) in [5, 5.41) is 9.40. The van der Waals surface area contributed by atoms with Crippen molar-refractivity contribution in [1.82, 2.24) is 9.80 Å². The van der Waals surface area contributed by atoms with Gasteiger partial charge in [0.15, 0.2) is 0 Å². The van der Waals surface area contributed by atoms with E-state index in [-0.39, 0.29) is 22.8 Å². The number of hydrogen-bond donors (Lipinski definition) is 1. The molecule has 1 atom stereocenters. The summed E-state index contributed by atoms with van der Waals surface area (Å²) in [5.41, 5.74) is 4.15. The number of benzene rings is 1. The SMILES string of the molecule is CC(C)(C)c1cccc2c1C1(CCC2N2CCCC2=O)CCN(C(=O)O)CC1. The minimum atomic E-state index is -0.810. The van der Waals surface area contributed by atoms with Gasteiger partial charge < -0.3 is 14.9 Å². The molecule has 152 valence electrons. The zero-order valence-corrected chi connectivity index (χ0v) is 17.3.